The molecule has 7 nitrogen and oxygen atoms in total. The molecular weight excluding hydrogens is 1190 g/mol. The van der Waals surface area contributed by atoms with Crippen molar-refractivity contribution >= 4 is 87.2 Å². The van der Waals surface area contributed by atoms with Gasteiger partial charge in [0.25, 0.3) is 0 Å². The average molecular weight is 1270 g/mol. The van der Waals surface area contributed by atoms with E-state index in [0.717, 1.165) is 100.0 Å². The molecule has 5 heterocycles. The molecule has 0 bridgehead atoms. The van der Waals surface area contributed by atoms with Crippen molar-refractivity contribution in [2.75, 3.05) is 0 Å². The van der Waals surface area contributed by atoms with Crippen LogP contribution in [-0.2, 0) is 21.7 Å². The highest BCUT2D eigenvalue weighted by atomic mass is 15.1. The molecule has 17 rings (SSSR count). The highest BCUT2D eigenvalue weighted by Crippen LogP contribution is 2.46. The van der Waals surface area contributed by atoms with Crippen LogP contribution in [0.25, 0.3) is 155 Å². The van der Waals surface area contributed by atoms with E-state index in [9.17, 15) is 0 Å². The summed E-state index contributed by atoms with van der Waals surface area (Å²) >= 11 is 0. The monoisotopic (exact) mass is 1270 g/mol. The van der Waals surface area contributed by atoms with Crippen LogP contribution in [0.5, 0.6) is 0 Å². The topological polar surface area (TPSA) is 58.4 Å². The molecule has 17 aromatic rings. The Labute approximate surface area is 573 Å². The Bertz CT molecular complexity index is 5920. The number of nitrogens with zero attached hydrogens (tertiary/aromatic N) is 7. The molecular formula is C91H79N7. The Balaban J connectivity index is 0.989. The lowest BCUT2D eigenvalue weighted by atomic mass is 9.79. The third-order valence-corrected chi connectivity index (χ3v) is 20.4. The highest BCUT2D eigenvalue weighted by molar-refractivity contribution is 6.21. The number of hydrogen-bond acceptors (Lipinski definition) is 3. The summed E-state index contributed by atoms with van der Waals surface area (Å²) in [7, 11) is 0. The van der Waals surface area contributed by atoms with E-state index in [4.69, 9.17) is 15.0 Å². The van der Waals surface area contributed by atoms with Crippen molar-refractivity contribution in [2.45, 2.75) is 105 Å². The minimum Gasteiger partial charge on any atom is -0.309 e. The van der Waals surface area contributed by atoms with Gasteiger partial charge in [-0.2, -0.15) is 0 Å². The highest BCUT2D eigenvalue weighted by Gasteiger charge is 2.29. The summed E-state index contributed by atoms with van der Waals surface area (Å²) in [6.45, 7) is 27.6. The summed E-state index contributed by atoms with van der Waals surface area (Å²) in [6, 6.07) is 96.7. The van der Waals surface area contributed by atoms with Gasteiger partial charge < -0.3 is 18.3 Å². The Hall–Kier alpha value is -11.2. The Kier molecular flexibility index (Phi) is 13.7. The van der Waals surface area contributed by atoms with Gasteiger partial charge in [0.2, 0.25) is 0 Å². The minimum atomic E-state index is -0.164. The van der Waals surface area contributed by atoms with Gasteiger partial charge in [-0.3, -0.25) is 0 Å². The van der Waals surface area contributed by atoms with Gasteiger partial charge in [-0.05, 0) is 165 Å². The van der Waals surface area contributed by atoms with Crippen LogP contribution in [0, 0.1) is 0 Å². The van der Waals surface area contributed by atoms with Crippen molar-refractivity contribution in [3.05, 3.63) is 283 Å². The van der Waals surface area contributed by atoms with Crippen LogP contribution in [0.4, 0.5) is 0 Å². The summed E-state index contributed by atoms with van der Waals surface area (Å²) in [5, 5.41) is 9.56. The molecule has 98 heavy (non-hydrogen) atoms. The average Bonchev–Trinajstić information content (AvgIpc) is 1.56. The van der Waals surface area contributed by atoms with Crippen molar-refractivity contribution in [3.63, 3.8) is 0 Å². The summed E-state index contributed by atoms with van der Waals surface area (Å²) in [5.74, 6) is 1.82. The van der Waals surface area contributed by atoms with E-state index in [1.54, 1.807) is 0 Å². The van der Waals surface area contributed by atoms with Gasteiger partial charge in [0, 0.05) is 76.7 Å². The Morgan fingerprint density at radius 3 is 0.918 bits per heavy atom. The second-order valence-corrected chi connectivity index (χ2v) is 31.0. The molecule has 0 saturated heterocycles. The minimum absolute atomic E-state index is 0.164. The first-order valence-corrected chi connectivity index (χ1v) is 34.5. The second kappa shape index (κ2) is 22.2. The number of rotatable bonds is 8. The lowest BCUT2D eigenvalue weighted by molar-refractivity contribution is 0.568. The fourth-order valence-corrected chi connectivity index (χ4v) is 15.1. The molecule has 0 aliphatic heterocycles. The quantitative estimate of drug-likeness (QED) is 0.152. The first kappa shape index (κ1) is 60.5. The van der Waals surface area contributed by atoms with Crippen molar-refractivity contribution in [1.82, 2.24) is 33.2 Å². The number of hydrogen-bond donors (Lipinski definition) is 0. The van der Waals surface area contributed by atoms with Crippen molar-refractivity contribution < 1.29 is 0 Å². The Morgan fingerprint density at radius 2 is 0.531 bits per heavy atom. The number of aromatic nitrogens is 7. The third kappa shape index (κ3) is 9.95. The largest absolute Gasteiger partial charge is 0.309 e. The Morgan fingerprint density at radius 1 is 0.214 bits per heavy atom. The van der Waals surface area contributed by atoms with Gasteiger partial charge in [-0.25, -0.2) is 15.0 Å². The van der Waals surface area contributed by atoms with Gasteiger partial charge >= 0.3 is 0 Å². The maximum absolute atomic E-state index is 5.87. The predicted molar refractivity (Wildman–Crippen MR) is 414 cm³/mol. The van der Waals surface area contributed by atoms with Crippen molar-refractivity contribution in [3.8, 4) is 68.0 Å². The van der Waals surface area contributed by atoms with Gasteiger partial charge in [0.05, 0.1) is 55.5 Å². The summed E-state index contributed by atoms with van der Waals surface area (Å²) in [6.07, 6.45) is 0. The molecule has 5 aromatic heterocycles. The van der Waals surface area contributed by atoms with Crippen LogP contribution in [0.1, 0.15) is 105 Å². The molecule has 0 atom stereocenters. The zero-order valence-electron chi connectivity index (χ0n) is 58.0. The third-order valence-electron chi connectivity index (χ3n) is 20.4. The predicted octanol–water partition coefficient (Wildman–Crippen LogP) is 24.1. The van der Waals surface area contributed by atoms with Crippen LogP contribution in [0.3, 0.4) is 0 Å². The second-order valence-electron chi connectivity index (χ2n) is 31.0. The zero-order chi connectivity index (χ0) is 67.3. The fraction of sp³-hybridized carbons (Fsp3) is 0.176. The maximum atomic E-state index is 5.87. The molecule has 0 saturated carbocycles. The fourth-order valence-electron chi connectivity index (χ4n) is 15.1. The number of fused-ring (bicyclic) bond motifs is 12. The first-order chi connectivity index (χ1) is 47.1. The first-order valence-electron chi connectivity index (χ1n) is 34.5. The summed E-state index contributed by atoms with van der Waals surface area (Å²) in [5.41, 5.74) is 22.4. The summed E-state index contributed by atoms with van der Waals surface area (Å²) < 4.78 is 9.82. The van der Waals surface area contributed by atoms with Crippen molar-refractivity contribution in [1.29, 1.82) is 0 Å². The molecule has 0 aliphatic rings. The number of para-hydroxylation sites is 7. The van der Waals surface area contributed by atoms with Crippen LogP contribution >= 0.6 is 0 Å². The van der Waals surface area contributed by atoms with E-state index in [2.05, 4.69) is 362 Å². The SMILES string of the molecule is CC(C)(C)c1cc(-c2nc(-c3cc(C(C)(C)C)cc(C(C)(C)C)c3)nc(-c3cc(-c4ccccc4-n4c5ccccc5c5cc6c7ccccc7n(-c7ccccc7)c6cc54)ccc3-n3c4ccccc4c4cc5c6ccccc6n(-c6ccccc6)c5cc43)n2)cc(C(C)(C)C)c1. The molecule has 0 radical (unpaired) electrons. The van der Waals surface area contributed by atoms with Gasteiger partial charge in [0.15, 0.2) is 17.5 Å². The zero-order valence-corrected chi connectivity index (χ0v) is 58.0. The maximum Gasteiger partial charge on any atom is 0.166 e. The van der Waals surface area contributed by atoms with Crippen LogP contribution in [0.15, 0.2) is 261 Å². The van der Waals surface area contributed by atoms with Gasteiger partial charge in [-0.15, -0.1) is 0 Å². The molecule has 0 amide bonds. The molecule has 7 heteroatoms. The smallest absolute Gasteiger partial charge is 0.166 e. The number of benzene rings is 12. The van der Waals surface area contributed by atoms with E-state index in [-0.39, 0.29) is 21.7 Å². The van der Waals surface area contributed by atoms with E-state index < -0.39 is 0 Å². The molecule has 12 aromatic carbocycles. The van der Waals surface area contributed by atoms with Gasteiger partial charge in [0.1, 0.15) is 0 Å². The van der Waals surface area contributed by atoms with E-state index in [1.165, 1.54) is 60.1 Å². The standard InChI is InChI=1S/C91H79N7/c1-88(2,3)59-45-57(46-60(50-59)89(4,5)6)85-92-86(58-47-61(90(7,8)9)51-62(48-58)91(10,11)12)94-87(93-85)74-49-56(43-44-80(74)98-79-42-28-23-37-69(79)73-53-71-67-35-21-26-40-77(67)96(82(71)55-84(73)98)64-31-17-14-18-32-64)65-33-19-24-38-75(65)97-78-41-27-22-36-68(78)72-52-70-66-34-20-25-39-76(66)95(81(70)54-83(72)97)63-29-15-13-16-30-63/h13-55H,1-12H3. The van der Waals surface area contributed by atoms with Crippen molar-refractivity contribution in [2.24, 2.45) is 0 Å². The van der Waals surface area contributed by atoms with E-state index in [0.29, 0.717) is 17.5 Å². The molecule has 478 valence electrons. The molecule has 0 N–H and O–H groups in total. The molecule has 0 unspecified atom stereocenters. The van der Waals surface area contributed by atoms with E-state index >= 15 is 0 Å². The lowest BCUT2D eigenvalue weighted by Crippen LogP contribution is -2.17. The normalized spacial score (nSPS) is 12.7. The molecule has 0 spiro atoms. The lowest BCUT2D eigenvalue weighted by Gasteiger charge is -2.26. The molecule has 0 aliphatic carbocycles. The molecule has 0 fully saturated rings. The van der Waals surface area contributed by atoms with E-state index in [1.807, 2.05) is 0 Å². The summed E-state index contributed by atoms with van der Waals surface area (Å²) in [4.78, 5) is 17.4. The van der Waals surface area contributed by atoms with Crippen LogP contribution < -0.4 is 0 Å². The van der Waals surface area contributed by atoms with Crippen LogP contribution in [-0.4, -0.2) is 33.2 Å². The van der Waals surface area contributed by atoms with Gasteiger partial charge in [-0.1, -0.05) is 229 Å². The van der Waals surface area contributed by atoms with Crippen LogP contribution in [0.2, 0.25) is 0 Å².